The van der Waals surface area contributed by atoms with Crippen LogP contribution in [0.15, 0.2) is 99.3 Å². The van der Waals surface area contributed by atoms with Crippen LogP contribution in [0, 0.1) is 17.9 Å². The van der Waals surface area contributed by atoms with Gasteiger partial charge >= 0.3 is 0 Å². The molecule has 1 atom stereocenters. The molecule has 2 N–H and O–H groups in total. The van der Waals surface area contributed by atoms with E-state index in [0.29, 0.717) is 44.7 Å². The molecule has 184 valence electrons. The van der Waals surface area contributed by atoms with Gasteiger partial charge in [0.2, 0.25) is 5.70 Å². The first kappa shape index (κ1) is 26.1. The molecule has 3 aromatic carbocycles. The molecule has 1 unspecified atom stereocenters. The third-order valence-corrected chi connectivity index (χ3v) is 7.72. The Hall–Kier alpha value is -3.98. The van der Waals surface area contributed by atoms with Crippen LogP contribution in [0.25, 0.3) is 4.85 Å². The molecule has 1 amide bonds. The van der Waals surface area contributed by atoms with Crippen molar-refractivity contribution in [2.75, 3.05) is 12.4 Å². The third kappa shape index (κ3) is 5.56. The van der Waals surface area contributed by atoms with Crippen LogP contribution >= 0.6 is 27.7 Å². The number of nitrogens with one attached hydrogen (secondary N) is 2. The van der Waals surface area contributed by atoms with Crippen molar-refractivity contribution >= 4 is 39.3 Å². The van der Waals surface area contributed by atoms with Gasteiger partial charge in [0.25, 0.3) is 5.91 Å². The molecule has 1 heterocycles. The number of thioether (sulfide) groups is 1. The van der Waals surface area contributed by atoms with Crippen LogP contribution < -0.4 is 15.4 Å². The van der Waals surface area contributed by atoms with E-state index in [1.54, 1.807) is 25.3 Å². The number of para-hydroxylation sites is 2. The van der Waals surface area contributed by atoms with Crippen molar-refractivity contribution in [1.82, 2.24) is 5.32 Å². The lowest BCUT2D eigenvalue weighted by atomic mass is 9.85. The quantitative estimate of drug-likeness (QED) is 0.300. The van der Waals surface area contributed by atoms with Crippen LogP contribution in [-0.2, 0) is 10.5 Å². The molecule has 1 aliphatic heterocycles. The van der Waals surface area contributed by atoms with Gasteiger partial charge in [-0.15, -0.1) is 11.8 Å². The summed E-state index contributed by atoms with van der Waals surface area (Å²) in [6.45, 7) is 9.93. The molecule has 0 fully saturated rings. The number of halogens is 1. The van der Waals surface area contributed by atoms with Crippen LogP contribution in [0.5, 0.6) is 5.75 Å². The third-order valence-electron chi connectivity index (χ3n) is 5.95. The van der Waals surface area contributed by atoms with Crippen molar-refractivity contribution in [1.29, 1.82) is 5.26 Å². The van der Waals surface area contributed by atoms with Gasteiger partial charge in [0.15, 0.2) is 0 Å². The van der Waals surface area contributed by atoms with Gasteiger partial charge < -0.3 is 15.4 Å². The van der Waals surface area contributed by atoms with Gasteiger partial charge in [0.05, 0.1) is 41.9 Å². The number of nitrogens with zero attached hydrogens (tertiary/aromatic N) is 2. The monoisotopic (exact) mass is 570 g/mol. The second kappa shape index (κ2) is 11.8. The van der Waals surface area contributed by atoms with E-state index in [2.05, 4.69) is 37.5 Å². The number of carbonyl (C=O) groups is 1. The molecule has 0 aromatic heterocycles. The maximum absolute atomic E-state index is 13.7. The molecular formula is C29H23BrN4O2S. The number of hydrogen-bond acceptors (Lipinski definition) is 5. The number of amides is 1. The largest absolute Gasteiger partial charge is 0.495 e. The maximum atomic E-state index is 13.7. The highest BCUT2D eigenvalue weighted by Crippen LogP contribution is 2.44. The van der Waals surface area contributed by atoms with Crippen molar-refractivity contribution in [3.05, 3.63) is 127 Å². The molecule has 6 nitrogen and oxygen atoms in total. The summed E-state index contributed by atoms with van der Waals surface area (Å²) in [5.74, 6) is 0.126. The van der Waals surface area contributed by atoms with E-state index in [0.717, 1.165) is 15.6 Å². The molecule has 8 heteroatoms. The van der Waals surface area contributed by atoms with E-state index in [1.807, 2.05) is 61.5 Å². The number of benzene rings is 3. The Morgan fingerprint density at radius 1 is 1.16 bits per heavy atom. The highest BCUT2D eigenvalue weighted by Gasteiger charge is 2.36. The number of dihydropyridines is 1. The zero-order valence-electron chi connectivity index (χ0n) is 20.2. The van der Waals surface area contributed by atoms with Crippen LogP contribution in [0.4, 0.5) is 5.69 Å². The number of methoxy groups -OCH3 is 1. The van der Waals surface area contributed by atoms with Crippen molar-refractivity contribution < 1.29 is 9.53 Å². The first-order chi connectivity index (χ1) is 18.0. The lowest BCUT2D eigenvalue weighted by Gasteiger charge is -2.30. The molecule has 0 spiro atoms. The van der Waals surface area contributed by atoms with Crippen molar-refractivity contribution in [3.63, 3.8) is 0 Å². The topological polar surface area (TPSA) is 78.5 Å². The van der Waals surface area contributed by atoms with Gasteiger partial charge in [-0.05, 0) is 42.3 Å². The zero-order valence-corrected chi connectivity index (χ0v) is 22.6. The average molecular weight is 572 g/mol. The lowest BCUT2D eigenvalue weighted by molar-refractivity contribution is -0.113. The Kier molecular flexibility index (Phi) is 8.35. The summed E-state index contributed by atoms with van der Waals surface area (Å²) in [5.41, 5.74) is 4.36. The highest BCUT2D eigenvalue weighted by atomic mass is 79.9. The SMILES string of the molecule is [C-]#[N+]C1=C(SCc2ccccc2C#N)NC(C)=C(C(=O)Nc2ccccc2OC)C1c1ccccc1Br. The summed E-state index contributed by atoms with van der Waals surface area (Å²) in [5, 5.41) is 16.4. The fraction of sp³-hybridized carbons (Fsp3) is 0.138. The van der Waals surface area contributed by atoms with E-state index in [1.165, 1.54) is 11.8 Å². The van der Waals surface area contributed by atoms with E-state index in [-0.39, 0.29) is 5.91 Å². The predicted octanol–water partition coefficient (Wildman–Crippen LogP) is 6.95. The smallest absolute Gasteiger partial charge is 0.253 e. The summed E-state index contributed by atoms with van der Waals surface area (Å²) in [4.78, 5) is 17.6. The fourth-order valence-corrected chi connectivity index (χ4v) is 5.77. The molecule has 0 aliphatic carbocycles. The Bertz CT molecular complexity index is 1500. The molecule has 3 aromatic rings. The second-order valence-corrected chi connectivity index (χ2v) is 10.00. The standard InChI is InChI=1S/C29H23BrN4O2S/c1-18-25(28(35)34-23-14-8-9-15-24(23)36-3)26(21-12-6-7-13-22(21)30)27(32-2)29(33-18)37-17-20-11-5-4-10-19(20)16-31/h4-15,26,33H,17H2,1,3H3,(H,34,35). The number of rotatable bonds is 7. The average Bonchev–Trinajstić information content (AvgIpc) is 2.92. The predicted molar refractivity (Wildman–Crippen MR) is 150 cm³/mol. The van der Waals surface area contributed by atoms with E-state index < -0.39 is 5.92 Å². The molecule has 4 rings (SSSR count). The van der Waals surface area contributed by atoms with Crippen LogP contribution in [0.3, 0.4) is 0 Å². The number of ether oxygens (including phenoxy) is 1. The fourth-order valence-electron chi connectivity index (χ4n) is 4.17. The van der Waals surface area contributed by atoms with E-state index >= 15 is 0 Å². The highest BCUT2D eigenvalue weighted by molar-refractivity contribution is 9.10. The first-order valence-electron chi connectivity index (χ1n) is 11.4. The van der Waals surface area contributed by atoms with Crippen molar-refractivity contribution in [2.24, 2.45) is 0 Å². The Morgan fingerprint density at radius 2 is 1.86 bits per heavy atom. The molecule has 0 saturated heterocycles. The molecule has 0 bridgehead atoms. The van der Waals surface area contributed by atoms with Gasteiger partial charge in [-0.2, -0.15) is 5.26 Å². The minimum absolute atomic E-state index is 0.324. The Balaban J connectivity index is 1.76. The zero-order chi connectivity index (χ0) is 26.4. The lowest BCUT2D eigenvalue weighted by Crippen LogP contribution is -2.30. The van der Waals surface area contributed by atoms with E-state index in [4.69, 9.17) is 11.3 Å². The maximum Gasteiger partial charge on any atom is 0.253 e. The van der Waals surface area contributed by atoms with Gasteiger partial charge in [-0.3, -0.25) is 4.79 Å². The molecule has 1 aliphatic rings. The van der Waals surface area contributed by atoms with Crippen molar-refractivity contribution in [2.45, 2.75) is 18.6 Å². The number of hydrogen-bond donors (Lipinski definition) is 2. The van der Waals surface area contributed by atoms with Gasteiger partial charge in [0, 0.05) is 21.5 Å². The van der Waals surface area contributed by atoms with Crippen molar-refractivity contribution in [3.8, 4) is 11.8 Å². The Labute approximate surface area is 229 Å². The van der Waals surface area contributed by atoms with Gasteiger partial charge in [0.1, 0.15) is 5.75 Å². The second-order valence-electron chi connectivity index (χ2n) is 8.16. The summed E-state index contributed by atoms with van der Waals surface area (Å²) in [7, 11) is 1.55. The first-order valence-corrected chi connectivity index (χ1v) is 13.1. The summed E-state index contributed by atoms with van der Waals surface area (Å²) in [6, 6.07) is 24.5. The summed E-state index contributed by atoms with van der Waals surface area (Å²) >= 11 is 5.07. The summed E-state index contributed by atoms with van der Waals surface area (Å²) < 4.78 is 6.21. The number of carbonyl (C=O) groups excluding carboxylic acids is 1. The molecule has 0 saturated carbocycles. The number of nitriles is 1. The van der Waals surface area contributed by atoms with Gasteiger partial charge in [-0.25, -0.2) is 4.85 Å². The molecular weight excluding hydrogens is 548 g/mol. The number of anilines is 1. The van der Waals surface area contributed by atoms with E-state index in [9.17, 15) is 10.1 Å². The van der Waals surface area contributed by atoms with Gasteiger partial charge in [-0.1, -0.05) is 64.5 Å². The molecule has 37 heavy (non-hydrogen) atoms. The van der Waals surface area contributed by atoms with Crippen LogP contribution in [-0.4, -0.2) is 13.0 Å². The minimum Gasteiger partial charge on any atom is -0.495 e. The molecule has 0 radical (unpaired) electrons. The summed E-state index contributed by atoms with van der Waals surface area (Å²) in [6.07, 6.45) is 0. The number of allylic oxidation sites excluding steroid dienone is 2. The normalized spacial score (nSPS) is 14.9. The van der Waals surface area contributed by atoms with Crippen LogP contribution in [0.2, 0.25) is 0 Å². The van der Waals surface area contributed by atoms with Crippen LogP contribution in [0.1, 0.15) is 29.5 Å². The Morgan fingerprint density at radius 3 is 2.59 bits per heavy atom. The minimum atomic E-state index is -0.599.